The maximum absolute atomic E-state index is 4.42. The minimum absolute atomic E-state index is 1.92. The Morgan fingerprint density at radius 1 is 0.750 bits per heavy atom. The second kappa shape index (κ2) is 48.0. The van der Waals surface area contributed by atoms with Crippen LogP contribution in [0.15, 0.2) is 0 Å². The molecule has 0 aromatic rings. The zero-order valence-corrected chi connectivity index (χ0v) is 4.62. The van der Waals surface area contributed by atoms with Gasteiger partial charge in [0.2, 0.25) is 0 Å². The molecule has 4 heavy (non-hydrogen) atoms. The summed E-state index contributed by atoms with van der Waals surface area (Å²) >= 11 is 0. The molecular weight excluding hydrogens is 90.0 g/mol. The van der Waals surface area contributed by atoms with Crippen LogP contribution in [0.4, 0.5) is 0 Å². The third-order valence-corrected chi connectivity index (χ3v) is 0. The average Bonchev–Trinajstić information content (AvgIpc) is 1.50. The molecule has 0 spiro atoms. The zero-order valence-electron chi connectivity index (χ0n) is 2.31. The molecule has 0 rings (SSSR count). The fourth-order valence-electron chi connectivity index (χ4n) is 0. The molecule has 0 radical (unpaired) electrons. The standard InChI is InChI=1S/2H4NP/c2*1-2/h2*1-2H2. The number of nitrogens with two attached hydrogens (primary N) is 2. The lowest BCUT2D eigenvalue weighted by Gasteiger charge is -1.20. The van der Waals surface area contributed by atoms with E-state index in [1.165, 1.54) is 0 Å². The molecular formula is H8N2P2. The fraction of sp³-hybridized carbons (Fsp3) is 0. The molecule has 0 aliphatic rings. The first-order valence-electron chi connectivity index (χ1n) is 0.667. The van der Waals surface area contributed by atoms with Gasteiger partial charge in [0.1, 0.15) is 0 Å². The van der Waals surface area contributed by atoms with Crippen LogP contribution >= 0.6 is 18.8 Å². The zero-order chi connectivity index (χ0) is 4.00. The van der Waals surface area contributed by atoms with Gasteiger partial charge in [-0.1, -0.05) is 18.8 Å². The number of hydrogen-bond donors (Lipinski definition) is 2. The van der Waals surface area contributed by atoms with Gasteiger partial charge in [-0.3, -0.25) is 0 Å². The highest BCUT2D eigenvalue weighted by atomic mass is 31.0. The minimum atomic E-state index is 1.92. The topological polar surface area (TPSA) is 52.0 Å². The van der Waals surface area contributed by atoms with Crippen molar-refractivity contribution in [1.82, 2.24) is 0 Å². The van der Waals surface area contributed by atoms with E-state index in [-0.39, 0.29) is 0 Å². The monoisotopic (exact) mass is 98.0 g/mol. The lowest BCUT2D eigenvalue weighted by molar-refractivity contribution is 2.06. The molecule has 2 nitrogen and oxygen atoms in total. The Hall–Kier alpha value is 0.780. The van der Waals surface area contributed by atoms with Crippen molar-refractivity contribution in [2.75, 3.05) is 0 Å². The molecule has 4 heteroatoms. The summed E-state index contributed by atoms with van der Waals surface area (Å²) in [7, 11) is 3.83. The first-order valence-corrected chi connectivity index (χ1v) is 2.00. The van der Waals surface area contributed by atoms with Crippen molar-refractivity contribution >= 4 is 18.8 Å². The summed E-state index contributed by atoms with van der Waals surface area (Å²) in [5, 5.41) is 0. The van der Waals surface area contributed by atoms with Crippen LogP contribution in [0.1, 0.15) is 0 Å². The Balaban J connectivity index is 0. The highest BCUT2D eigenvalue weighted by Gasteiger charge is 0.816. The van der Waals surface area contributed by atoms with E-state index in [2.05, 4.69) is 11.0 Å². The Morgan fingerprint density at radius 3 is 0.750 bits per heavy atom. The van der Waals surface area contributed by atoms with E-state index in [1.54, 1.807) is 0 Å². The summed E-state index contributed by atoms with van der Waals surface area (Å²) < 4.78 is 0. The third kappa shape index (κ3) is 14.5. The smallest absolute Gasteiger partial charge is 0.0726 e. The molecule has 2 atom stereocenters. The van der Waals surface area contributed by atoms with Crippen molar-refractivity contribution < 1.29 is 0 Å². The Morgan fingerprint density at radius 2 is 0.750 bits per heavy atom. The molecule has 0 heterocycles. The number of rotatable bonds is 0. The normalized spacial score (nSPS) is 3.00. The van der Waals surface area contributed by atoms with Gasteiger partial charge in [0.15, 0.2) is 0 Å². The van der Waals surface area contributed by atoms with Gasteiger partial charge in [-0.15, -0.1) is 0 Å². The maximum atomic E-state index is 4.42. The molecule has 0 bridgehead atoms. The molecule has 0 aromatic heterocycles. The predicted octanol–water partition coefficient (Wildman–Crippen LogP) is -0.530. The summed E-state index contributed by atoms with van der Waals surface area (Å²) in [5.41, 5.74) is 8.83. The number of hydrogen-bond acceptors (Lipinski definition) is 2. The summed E-state index contributed by atoms with van der Waals surface area (Å²) in [6, 6.07) is 0. The van der Waals surface area contributed by atoms with E-state index in [4.69, 9.17) is 0 Å². The van der Waals surface area contributed by atoms with Gasteiger partial charge < -0.3 is 11.0 Å². The van der Waals surface area contributed by atoms with Crippen LogP contribution in [0.3, 0.4) is 0 Å². The van der Waals surface area contributed by atoms with Gasteiger partial charge in [-0.05, 0) is 0 Å². The molecule has 0 saturated carbocycles. The van der Waals surface area contributed by atoms with Crippen molar-refractivity contribution in [2.24, 2.45) is 11.0 Å². The minimum Gasteiger partial charge on any atom is -0.314 e. The van der Waals surface area contributed by atoms with Gasteiger partial charge >= 0.3 is 0 Å². The van der Waals surface area contributed by atoms with Crippen molar-refractivity contribution in [1.29, 1.82) is 0 Å². The van der Waals surface area contributed by atoms with Crippen LogP contribution < -0.4 is 11.0 Å². The van der Waals surface area contributed by atoms with Crippen LogP contribution in [0, 0.1) is 0 Å². The van der Waals surface area contributed by atoms with Gasteiger partial charge in [-0.25, -0.2) is 0 Å². The maximum Gasteiger partial charge on any atom is -0.0726 e. The second-order valence-corrected chi connectivity index (χ2v) is 0. The van der Waals surface area contributed by atoms with Crippen molar-refractivity contribution in [3.05, 3.63) is 0 Å². The summed E-state index contributed by atoms with van der Waals surface area (Å²) in [6.07, 6.45) is 0. The predicted molar refractivity (Wildman–Crippen MR) is 27.8 cm³/mol. The molecule has 28 valence electrons. The molecule has 0 fully saturated rings. The van der Waals surface area contributed by atoms with Crippen molar-refractivity contribution in [3.8, 4) is 0 Å². The summed E-state index contributed by atoms with van der Waals surface area (Å²) in [5.74, 6) is 0. The van der Waals surface area contributed by atoms with E-state index >= 15 is 0 Å². The molecule has 2 unspecified atom stereocenters. The van der Waals surface area contributed by atoms with Crippen LogP contribution in [-0.4, -0.2) is 0 Å². The van der Waals surface area contributed by atoms with Gasteiger partial charge in [0.25, 0.3) is 0 Å². The molecule has 0 aromatic carbocycles. The van der Waals surface area contributed by atoms with E-state index < -0.39 is 0 Å². The largest absolute Gasteiger partial charge is 0.314 e. The van der Waals surface area contributed by atoms with Gasteiger partial charge in [0, 0.05) is 0 Å². The quantitative estimate of drug-likeness (QED) is 0.400. The SMILES string of the molecule is NP.NP. The lowest BCUT2D eigenvalue weighted by Crippen LogP contribution is -1.45. The second-order valence-electron chi connectivity index (χ2n) is 0. The third-order valence-electron chi connectivity index (χ3n) is 0. The Bertz CT molecular complexity index is 4.00. The van der Waals surface area contributed by atoms with E-state index in [1.807, 2.05) is 18.8 Å². The van der Waals surface area contributed by atoms with Crippen LogP contribution in [-0.2, 0) is 0 Å². The van der Waals surface area contributed by atoms with Gasteiger partial charge in [0.05, 0.1) is 0 Å². The van der Waals surface area contributed by atoms with Crippen LogP contribution in [0.5, 0.6) is 0 Å². The fourth-order valence-corrected chi connectivity index (χ4v) is 0. The van der Waals surface area contributed by atoms with Crippen LogP contribution in [0.25, 0.3) is 0 Å². The highest BCUT2D eigenvalue weighted by molar-refractivity contribution is 7.13. The van der Waals surface area contributed by atoms with E-state index in [0.29, 0.717) is 0 Å². The lowest BCUT2D eigenvalue weighted by atomic mass is 13.9. The first-order chi connectivity index (χ1) is 2.00. The average molecular weight is 98.0 g/mol. The summed E-state index contributed by atoms with van der Waals surface area (Å²) in [4.78, 5) is 0. The summed E-state index contributed by atoms with van der Waals surface area (Å²) in [6.45, 7) is 0. The highest BCUT2D eigenvalue weighted by Crippen LogP contribution is 1.30. The van der Waals surface area contributed by atoms with E-state index in [0.717, 1.165) is 0 Å². The molecule has 4 N–H and O–H groups in total. The molecule has 0 aliphatic heterocycles. The van der Waals surface area contributed by atoms with Crippen molar-refractivity contribution in [3.63, 3.8) is 0 Å². The van der Waals surface area contributed by atoms with Gasteiger partial charge in [-0.2, -0.15) is 0 Å². The Labute approximate surface area is 30.8 Å². The van der Waals surface area contributed by atoms with E-state index in [9.17, 15) is 0 Å². The molecule has 0 saturated heterocycles. The molecule has 0 amide bonds. The Kier molecular flexibility index (Phi) is 106. The molecule has 0 aliphatic carbocycles. The van der Waals surface area contributed by atoms with Crippen molar-refractivity contribution in [2.45, 2.75) is 0 Å². The van der Waals surface area contributed by atoms with Crippen LogP contribution in [0.2, 0.25) is 0 Å². The first kappa shape index (κ1) is 8.84.